The predicted molar refractivity (Wildman–Crippen MR) is 206 cm³/mol. The van der Waals surface area contributed by atoms with E-state index in [0.29, 0.717) is 11.8 Å². The molecule has 1 aromatic heterocycles. The number of allylic oxidation sites excluding steroid dienone is 1. The second-order valence-corrected chi connectivity index (χ2v) is 14.1. The smallest absolute Gasteiger partial charge is 0.143 e. The van der Waals surface area contributed by atoms with Crippen molar-refractivity contribution >= 4 is 39.4 Å². The molecule has 11 rings (SSSR count). The molecule has 0 bridgehead atoms. The molecular weight excluding hydrogens is 607 g/mol. The standard InChI is InChI=1S/C48H33NO/c1-29-34-11-3-2-10-30(34)20-24-35(29)31-18-21-32(22-19-31)49-33-23-26-43-40(28-33)46-44(27-25-39-38-14-6-9-17-45(38)50-47(39)46)48(43)41-15-7-4-12-36(41)37-13-5-8-16-42(37)48/h2-29,35,49H,1H3. The number of hydrogen-bond acceptors (Lipinski definition) is 2. The first-order chi connectivity index (χ1) is 24.7. The number of hydrogen-bond donors (Lipinski definition) is 1. The molecule has 2 unspecified atom stereocenters. The minimum absolute atomic E-state index is 0.357. The van der Waals surface area contributed by atoms with Crippen molar-refractivity contribution in [3.8, 4) is 22.3 Å². The highest BCUT2D eigenvalue weighted by atomic mass is 16.3. The maximum Gasteiger partial charge on any atom is 0.143 e. The van der Waals surface area contributed by atoms with Gasteiger partial charge in [0.2, 0.25) is 0 Å². The summed E-state index contributed by atoms with van der Waals surface area (Å²) < 4.78 is 6.76. The molecule has 50 heavy (non-hydrogen) atoms. The average molecular weight is 640 g/mol. The van der Waals surface area contributed by atoms with Gasteiger partial charge in [0.1, 0.15) is 11.2 Å². The zero-order valence-corrected chi connectivity index (χ0v) is 27.7. The highest BCUT2D eigenvalue weighted by Crippen LogP contribution is 2.64. The zero-order valence-electron chi connectivity index (χ0n) is 27.7. The van der Waals surface area contributed by atoms with Gasteiger partial charge in [-0.15, -0.1) is 0 Å². The van der Waals surface area contributed by atoms with Crippen molar-refractivity contribution in [2.24, 2.45) is 0 Å². The monoisotopic (exact) mass is 639 g/mol. The Balaban J connectivity index is 1.06. The van der Waals surface area contributed by atoms with E-state index >= 15 is 0 Å². The molecule has 0 aliphatic heterocycles. The number of nitrogens with one attached hydrogen (secondary N) is 1. The first-order valence-corrected chi connectivity index (χ1v) is 17.6. The highest BCUT2D eigenvalue weighted by molar-refractivity contribution is 6.13. The summed E-state index contributed by atoms with van der Waals surface area (Å²) >= 11 is 0. The van der Waals surface area contributed by atoms with Crippen LogP contribution in [0.3, 0.4) is 0 Å². The first kappa shape index (κ1) is 27.8. The minimum atomic E-state index is -0.423. The number of benzene rings is 7. The van der Waals surface area contributed by atoms with Crippen LogP contribution in [-0.2, 0) is 5.41 Å². The molecular formula is C48H33NO. The Morgan fingerprint density at radius 3 is 2.04 bits per heavy atom. The normalized spacial score (nSPS) is 17.4. The summed E-state index contributed by atoms with van der Waals surface area (Å²) in [7, 11) is 0. The van der Waals surface area contributed by atoms with E-state index in [9.17, 15) is 0 Å². The molecule has 0 radical (unpaired) electrons. The van der Waals surface area contributed by atoms with Crippen LogP contribution in [-0.4, -0.2) is 0 Å². The third kappa shape index (κ3) is 3.63. The van der Waals surface area contributed by atoms with Crippen molar-refractivity contribution in [1.29, 1.82) is 0 Å². The molecule has 1 N–H and O–H groups in total. The maximum atomic E-state index is 6.76. The maximum absolute atomic E-state index is 6.76. The Hall–Kier alpha value is -6.12. The molecule has 3 aliphatic carbocycles. The van der Waals surface area contributed by atoms with Gasteiger partial charge in [0.15, 0.2) is 0 Å². The molecule has 7 aromatic carbocycles. The van der Waals surface area contributed by atoms with E-state index in [2.05, 4.69) is 176 Å². The van der Waals surface area contributed by atoms with E-state index in [1.165, 1.54) is 61.2 Å². The van der Waals surface area contributed by atoms with Crippen LogP contribution in [0.4, 0.5) is 11.4 Å². The van der Waals surface area contributed by atoms with E-state index in [4.69, 9.17) is 4.42 Å². The fraction of sp³-hybridized carbons (Fsp3) is 0.0833. The topological polar surface area (TPSA) is 25.2 Å². The summed E-state index contributed by atoms with van der Waals surface area (Å²) in [4.78, 5) is 0. The molecule has 8 aromatic rings. The summed E-state index contributed by atoms with van der Waals surface area (Å²) in [6, 6.07) is 55.7. The fourth-order valence-electron chi connectivity index (χ4n) is 9.49. The van der Waals surface area contributed by atoms with Gasteiger partial charge in [0.05, 0.1) is 5.41 Å². The molecule has 2 atom stereocenters. The lowest BCUT2D eigenvalue weighted by atomic mass is 9.70. The van der Waals surface area contributed by atoms with Crippen molar-refractivity contribution in [1.82, 2.24) is 0 Å². The second kappa shape index (κ2) is 10.2. The Bertz CT molecular complexity index is 2660. The number of rotatable bonds is 3. The quantitative estimate of drug-likeness (QED) is 0.208. The van der Waals surface area contributed by atoms with Gasteiger partial charge in [-0.1, -0.05) is 140 Å². The van der Waals surface area contributed by atoms with Crippen LogP contribution < -0.4 is 5.32 Å². The number of fused-ring (bicyclic) bond motifs is 15. The largest absolute Gasteiger partial charge is 0.455 e. The van der Waals surface area contributed by atoms with Gasteiger partial charge < -0.3 is 9.73 Å². The van der Waals surface area contributed by atoms with E-state index in [0.717, 1.165) is 33.3 Å². The van der Waals surface area contributed by atoms with Crippen molar-refractivity contribution < 1.29 is 4.42 Å². The van der Waals surface area contributed by atoms with Gasteiger partial charge in [-0.2, -0.15) is 0 Å². The van der Waals surface area contributed by atoms with Gasteiger partial charge in [0, 0.05) is 33.6 Å². The SMILES string of the molecule is CC1c2ccccc2C=CC1c1ccc(Nc2ccc3c(c2)-c2c(ccc4c2oc2ccccc24)C32c3ccccc3-c3ccccc32)cc1. The fourth-order valence-corrected chi connectivity index (χ4v) is 9.49. The van der Waals surface area contributed by atoms with Gasteiger partial charge in [-0.3, -0.25) is 0 Å². The van der Waals surface area contributed by atoms with Gasteiger partial charge in [0.25, 0.3) is 0 Å². The Labute approximate surface area is 291 Å². The predicted octanol–water partition coefficient (Wildman–Crippen LogP) is 12.6. The van der Waals surface area contributed by atoms with Crippen molar-refractivity contribution in [2.75, 3.05) is 5.32 Å². The van der Waals surface area contributed by atoms with Crippen LogP contribution >= 0.6 is 0 Å². The lowest BCUT2D eigenvalue weighted by molar-refractivity contribution is 0.669. The minimum Gasteiger partial charge on any atom is -0.455 e. The van der Waals surface area contributed by atoms with Crippen molar-refractivity contribution in [3.05, 3.63) is 197 Å². The molecule has 2 heteroatoms. The number of para-hydroxylation sites is 1. The van der Waals surface area contributed by atoms with Crippen molar-refractivity contribution in [3.63, 3.8) is 0 Å². The van der Waals surface area contributed by atoms with E-state index in [1.807, 2.05) is 0 Å². The molecule has 236 valence electrons. The lowest BCUT2D eigenvalue weighted by Crippen LogP contribution is -2.25. The van der Waals surface area contributed by atoms with Crippen LogP contribution in [0.25, 0.3) is 50.3 Å². The van der Waals surface area contributed by atoms with Crippen LogP contribution in [0.2, 0.25) is 0 Å². The Kier molecular flexibility index (Phi) is 5.67. The molecule has 3 aliphatic rings. The number of furan rings is 1. The highest BCUT2D eigenvalue weighted by Gasteiger charge is 2.52. The molecule has 1 spiro atoms. The average Bonchev–Trinajstić information content (AvgIpc) is 3.79. The van der Waals surface area contributed by atoms with Gasteiger partial charge in [-0.05, 0) is 91.9 Å². The van der Waals surface area contributed by atoms with Crippen LogP contribution in [0.15, 0.2) is 162 Å². The first-order valence-electron chi connectivity index (χ1n) is 17.6. The number of anilines is 2. The van der Waals surface area contributed by atoms with E-state index in [1.54, 1.807) is 0 Å². The summed E-state index contributed by atoms with van der Waals surface area (Å²) in [5.74, 6) is 0.787. The third-order valence-electron chi connectivity index (χ3n) is 11.7. The van der Waals surface area contributed by atoms with E-state index in [-0.39, 0.29) is 0 Å². The lowest BCUT2D eigenvalue weighted by Gasteiger charge is -2.30. The zero-order chi connectivity index (χ0) is 33.0. The third-order valence-corrected chi connectivity index (χ3v) is 11.7. The van der Waals surface area contributed by atoms with Gasteiger partial charge >= 0.3 is 0 Å². The van der Waals surface area contributed by atoms with Crippen molar-refractivity contribution in [2.45, 2.75) is 24.2 Å². The summed E-state index contributed by atoms with van der Waals surface area (Å²) in [5, 5.41) is 6.07. The molecule has 0 fully saturated rings. The van der Waals surface area contributed by atoms with E-state index < -0.39 is 5.41 Å². The van der Waals surface area contributed by atoms with Crippen LogP contribution in [0, 0.1) is 0 Å². The Morgan fingerprint density at radius 2 is 1.22 bits per heavy atom. The molecule has 0 saturated heterocycles. The second-order valence-electron chi connectivity index (χ2n) is 14.1. The molecule has 0 amide bonds. The Morgan fingerprint density at radius 1 is 0.560 bits per heavy atom. The summed E-state index contributed by atoms with van der Waals surface area (Å²) in [5.41, 5.74) is 18.0. The van der Waals surface area contributed by atoms with Crippen LogP contribution in [0.1, 0.15) is 57.7 Å². The summed E-state index contributed by atoms with van der Waals surface area (Å²) in [6.45, 7) is 2.34. The van der Waals surface area contributed by atoms with Crippen LogP contribution in [0.5, 0.6) is 0 Å². The molecule has 1 heterocycles. The summed E-state index contributed by atoms with van der Waals surface area (Å²) in [6.07, 6.45) is 4.64. The molecule has 0 saturated carbocycles. The molecule has 2 nitrogen and oxygen atoms in total. The van der Waals surface area contributed by atoms with Gasteiger partial charge in [-0.25, -0.2) is 0 Å².